The van der Waals surface area contributed by atoms with Crippen LogP contribution < -0.4 is 0 Å². The molecule has 4 rings (SSSR count). The smallest absolute Gasteiger partial charge is 0.0894 e. The first-order chi connectivity index (χ1) is 17.2. The Bertz CT molecular complexity index is 820. The number of alkyl halides is 1. The van der Waals surface area contributed by atoms with Gasteiger partial charge in [0.25, 0.3) is 0 Å². The number of halogens is 1. The molecule has 0 N–H and O–H groups in total. The fraction of sp³-hybridized carbons (Fsp3) is 0.647. The van der Waals surface area contributed by atoms with Crippen LogP contribution in [0.25, 0.3) is 11.1 Å². The Hall–Kier alpha value is -1.63. The Morgan fingerprint density at radius 3 is 1.54 bits per heavy atom. The van der Waals surface area contributed by atoms with Gasteiger partial charge >= 0.3 is 0 Å². The first kappa shape index (κ1) is 26.4. The quantitative estimate of drug-likeness (QED) is 0.267. The molecule has 2 aliphatic carbocycles. The molecule has 0 bridgehead atoms. The molecular weight excluding hydrogens is 427 g/mol. The number of unbranched alkanes of at least 4 members (excludes halogenated alkanes) is 2. The molecule has 35 heavy (non-hydrogen) atoms. The lowest BCUT2D eigenvalue weighted by Crippen LogP contribution is -2.26. The third-order valence-electron chi connectivity index (χ3n) is 9.33. The molecule has 0 spiro atoms. The van der Waals surface area contributed by atoms with E-state index in [4.69, 9.17) is 0 Å². The lowest BCUT2D eigenvalue weighted by molar-refractivity contribution is 0.141. The Balaban J connectivity index is 1.16. The van der Waals surface area contributed by atoms with Gasteiger partial charge in [-0.25, -0.2) is 0 Å². The maximum Gasteiger partial charge on any atom is 0.0894 e. The third-order valence-corrected chi connectivity index (χ3v) is 9.33. The van der Waals surface area contributed by atoms with E-state index in [0.717, 1.165) is 42.9 Å². The van der Waals surface area contributed by atoms with Crippen LogP contribution in [0.2, 0.25) is 0 Å². The Morgan fingerprint density at radius 1 is 0.571 bits per heavy atom. The van der Waals surface area contributed by atoms with Gasteiger partial charge in [0.1, 0.15) is 0 Å². The molecule has 2 aromatic carbocycles. The van der Waals surface area contributed by atoms with Crippen LogP contribution in [0, 0.1) is 23.7 Å². The molecule has 2 aromatic rings. The molecule has 192 valence electrons. The van der Waals surface area contributed by atoms with E-state index >= 15 is 0 Å². The van der Waals surface area contributed by atoms with Crippen molar-refractivity contribution in [3.63, 3.8) is 0 Å². The fourth-order valence-corrected chi connectivity index (χ4v) is 7.00. The maximum atomic E-state index is 12.2. The first-order valence-electron chi connectivity index (χ1n) is 15.0. The van der Waals surface area contributed by atoms with Crippen molar-refractivity contribution in [2.45, 2.75) is 110 Å². The second-order valence-electron chi connectivity index (χ2n) is 11.8. The van der Waals surface area contributed by atoms with Crippen LogP contribution in [0.4, 0.5) is 4.39 Å². The minimum atomic E-state index is -0.184. The van der Waals surface area contributed by atoms with Gasteiger partial charge in [-0.15, -0.1) is 0 Å². The summed E-state index contributed by atoms with van der Waals surface area (Å²) in [6, 6.07) is 18.3. The van der Waals surface area contributed by atoms with E-state index in [1.807, 2.05) is 0 Å². The summed E-state index contributed by atoms with van der Waals surface area (Å²) < 4.78 is 12.2. The maximum absolute atomic E-state index is 12.2. The van der Waals surface area contributed by atoms with Crippen molar-refractivity contribution in [2.24, 2.45) is 23.7 Å². The first-order valence-corrected chi connectivity index (χ1v) is 15.0. The largest absolute Gasteiger partial charge is 0.251 e. The van der Waals surface area contributed by atoms with Gasteiger partial charge in [-0.05, 0) is 104 Å². The van der Waals surface area contributed by atoms with Crippen LogP contribution >= 0.6 is 0 Å². The Morgan fingerprint density at radius 2 is 1.06 bits per heavy atom. The summed E-state index contributed by atoms with van der Waals surface area (Å²) in [4.78, 5) is 0. The number of hydrogen-bond donors (Lipinski definition) is 0. The molecule has 0 heterocycles. The lowest BCUT2D eigenvalue weighted by Gasteiger charge is -2.38. The molecule has 0 nitrogen and oxygen atoms in total. The van der Waals surface area contributed by atoms with Gasteiger partial charge in [-0.1, -0.05) is 100 Å². The molecule has 1 heteroatoms. The zero-order chi connectivity index (χ0) is 24.3. The van der Waals surface area contributed by atoms with Crippen LogP contribution in [0.3, 0.4) is 0 Å². The van der Waals surface area contributed by atoms with Crippen molar-refractivity contribution in [2.75, 3.05) is 6.67 Å². The summed E-state index contributed by atoms with van der Waals surface area (Å²) in [5.74, 6) is 4.07. The van der Waals surface area contributed by atoms with E-state index in [2.05, 4.69) is 55.5 Å². The number of hydrogen-bond acceptors (Lipinski definition) is 0. The van der Waals surface area contributed by atoms with E-state index in [9.17, 15) is 4.39 Å². The lowest BCUT2D eigenvalue weighted by atomic mass is 9.68. The van der Waals surface area contributed by atoms with Crippen molar-refractivity contribution in [3.8, 4) is 11.1 Å². The highest BCUT2D eigenvalue weighted by Crippen LogP contribution is 2.43. The van der Waals surface area contributed by atoms with Gasteiger partial charge in [-0.2, -0.15) is 0 Å². The molecule has 0 unspecified atom stereocenters. The summed E-state index contributed by atoms with van der Waals surface area (Å²) >= 11 is 0. The summed E-state index contributed by atoms with van der Waals surface area (Å²) in [6.07, 6.45) is 21.3. The van der Waals surface area contributed by atoms with Crippen molar-refractivity contribution in [1.29, 1.82) is 0 Å². The fourth-order valence-electron chi connectivity index (χ4n) is 7.00. The van der Waals surface area contributed by atoms with Crippen LogP contribution in [0.1, 0.15) is 108 Å². The van der Waals surface area contributed by atoms with Gasteiger partial charge < -0.3 is 0 Å². The predicted molar refractivity (Wildman–Crippen MR) is 150 cm³/mol. The van der Waals surface area contributed by atoms with Gasteiger partial charge in [0, 0.05) is 0 Å². The van der Waals surface area contributed by atoms with Crippen molar-refractivity contribution in [1.82, 2.24) is 0 Å². The van der Waals surface area contributed by atoms with Gasteiger partial charge in [0.2, 0.25) is 0 Å². The topological polar surface area (TPSA) is 0 Å². The predicted octanol–water partition coefficient (Wildman–Crippen LogP) is 10.4. The van der Waals surface area contributed by atoms with Crippen molar-refractivity contribution in [3.05, 3.63) is 59.7 Å². The average Bonchev–Trinajstić information content (AvgIpc) is 2.92. The monoisotopic (exact) mass is 476 g/mol. The highest BCUT2D eigenvalue weighted by atomic mass is 19.1. The molecule has 2 saturated carbocycles. The molecular formula is C34H49F. The van der Waals surface area contributed by atoms with Crippen LogP contribution in [0.5, 0.6) is 0 Å². The van der Waals surface area contributed by atoms with E-state index in [1.54, 1.807) is 0 Å². The van der Waals surface area contributed by atoms with Gasteiger partial charge in [-0.3, -0.25) is 4.39 Å². The zero-order valence-electron chi connectivity index (χ0n) is 22.3. The minimum Gasteiger partial charge on any atom is -0.251 e. The zero-order valence-corrected chi connectivity index (χ0v) is 22.3. The number of rotatable bonds is 12. The highest BCUT2D eigenvalue weighted by Gasteiger charge is 2.30. The van der Waals surface area contributed by atoms with Gasteiger partial charge in [0.05, 0.1) is 6.67 Å². The molecule has 0 atom stereocenters. The summed E-state index contributed by atoms with van der Waals surface area (Å²) in [7, 11) is 0. The average molecular weight is 477 g/mol. The van der Waals surface area contributed by atoms with Crippen LogP contribution in [0.15, 0.2) is 48.5 Å². The number of benzene rings is 2. The summed E-state index contributed by atoms with van der Waals surface area (Å²) in [5.41, 5.74) is 5.47. The third kappa shape index (κ3) is 8.19. The van der Waals surface area contributed by atoms with E-state index in [-0.39, 0.29) is 6.67 Å². The molecule has 2 fully saturated rings. The number of aryl methyl sites for hydroxylation is 2. The molecule has 0 amide bonds. The molecule has 2 aliphatic rings. The summed E-state index contributed by atoms with van der Waals surface area (Å²) in [6.45, 7) is 2.16. The summed E-state index contributed by atoms with van der Waals surface area (Å²) in [5, 5.41) is 0. The van der Waals surface area contributed by atoms with E-state index in [1.165, 1.54) is 99.3 Å². The standard InChI is InChI=1S/C34H49F/c1-2-6-27-10-18-31(19-11-27)33-22-14-29(15-23-33)8-9-30-16-24-34(25-17-30)32-20-12-28(13-21-32)7-4-3-5-26-35/h12-13,16-17,20-21,24-25,27,29,31,33H,2-11,14-15,18-19,22-23,26H2,1H3/t27-,29-,31-,33-. The van der Waals surface area contributed by atoms with Crippen LogP contribution in [-0.2, 0) is 12.8 Å². The normalized spacial score (nSPS) is 25.0. The van der Waals surface area contributed by atoms with E-state index < -0.39 is 0 Å². The molecule has 0 radical (unpaired) electrons. The second-order valence-corrected chi connectivity index (χ2v) is 11.8. The molecule has 0 aromatic heterocycles. The van der Waals surface area contributed by atoms with Crippen molar-refractivity contribution >= 4 is 0 Å². The van der Waals surface area contributed by atoms with E-state index in [0.29, 0.717) is 6.42 Å². The van der Waals surface area contributed by atoms with Gasteiger partial charge in [0.15, 0.2) is 0 Å². The Labute approximate surface area is 215 Å². The SMILES string of the molecule is CCC[C@H]1CC[C@H]([C@H]2CC[C@H](CCc3ccc(-c4ccc(CCCCCF)cc4)cc3)CC2)CC1. The van der Waals surface area contributed by atoms with Crippen molar-refractivity contribution < 1.29 is 4.39 Å². The molecule has 0 aliphatic heterocycles. The highest BCUT2D eigenvalue weighted by molar-refractivity contribution is 5.64. The molecule has 0 saturated heterocycles. The Kier molecular flexibility index (Phi) is 10.7. The minimum absolute atomic E-state index is 0.184. The van der Waals surface area contributed by atoms with Crippen LogP contribution in [-0.4, -0.2) is 6.67 Å². The second kappa shape index (κ2) is 14.2.